The molecular weight excluding hydrogens is 532 g/mol. The van der Waals surface area contributed by atoms with Gasteiger partial charge in [0, 0.05) is 27.8 Å². The fourth-order valence-electron chi connectivity index (χ4n) is 4.74. The van der Waals surface area contributed by atoms with Crippen LogP contribution in [0.1, 0.15) is 38.7 Å². The molecule has 1 heterocycles. The van der Waals surface area contributed by atoms with Gasteiger partial charge in [-0.15, -0.1) is 11.3 Å². The molecule has 2 atom stereocenters. The molecule has 2 unspecified atom stereocenters. The van der Waals surface area contributed by atoms with Crippen LogP contribution in [0, 0.1) is 5.92 Å². The van der Waals surface area contributed by atoms with Crippen LogP contribution in [0.3, 0.4) is 0 Å². The summed E-state index contributed by atoms with van der Waals surface area (Å²) in [5, 5.41) is 13.8. The first kappa shape index (κ1) is 27.3. The Labute approximate surface area is 225 Å². The topological polar surface area (TPSA) is 113 Å². The summed E-state index contributed by atoms with van der Waals surface area (Å²) in [5.74, 6) is -1.46. The number of thiophene rings is 1. The zero-order valence-electron chi connectivity index (χ0n) is 20.5. The molecule has 1 saturated carbocycles. The van der Waals surface area contributed by atoms with Crippen LogP contribution in [0.5, 0.6) is 0 Å². The SMILES string of the molecule is CC(C)C(=O)NCCCC1(c2ccccc2)CC1(NS(=O)(=O)c1ccc(-c2ccc(Cl)cc2)s1)C(=O)O. The molecule has 0 aliphatic heterocycles. The van der Waals surface area contributed by atoms with Gasteiger partial charge in [0.05, 0.1) is 0 Å². The van der Waals surface area contributed by atoms with Crippen molar-refractivity contribution in [1.82, 2.24) is 10.0 Å². The van der Waals surface area contributed by atoms with Gasteiger partial charge in [-0.1, -0.05) is 67.9 Å². The van der Waals surface area contributed by atoms with Crippen molar-refractivity contribution in [2.75, 3.05) is 6.54 Å². The minimum Gasteiger partial charge on any atom is -0.480 e. The van der Waals surface area contributed by atoms with Gasteiger partial charge in [0.2, 0.25) is 5.91 Å². The fourth-order valence-corrected chi connectivity index (χ4v) is 7.60. The first-order chi connectivity index (χ1) is 17.5. The lowest BCUT2D eigenvalue weighted by Crippen LogP contribution is -2.48. The maximum atomic E-state index is 13.5. The summed E-state index contributed by atoms with van der Waals surface area (Å²) < 4.78 is 29.5. The van der Waals surface area contributed by atoms with E-state index < -0.39 is 26.9 Å². The summed E-state index contributed by atoms with van der Waals surface area (Å²) >= 11 is 7.03. The Balaban J connectivity index is 1.60. The summed E-state index contributed by atoms with van der Waals surface area (Å²) in [5.41, 5.74) is -1.06. The van der Waals surface area contributed by atoms with E-state index in [1.165, 1.54) is 6.07 Å². The third-order valence-electron chi connectivity index (χ3n) is 6.84. The second-order valence-corrected chi connectivity index (χ2v) is 13.0. The summed E-state index contributed by atoms with van der Waals surface area (Å²) in [4.78, 5) is 25.3. The molecule has 1 fully saturated rings. The Morgan fingerprint density at radius 2 is 1.73 bits per heavy atom. The van der Waals surface area contributed by atoms with Crippen molar-refractivity contribution in [3.8, 4) is 10.4 Å². The van der Waals surface area contributed by atoms with Crippen molar-refractivity contribution >= 4 is 44.8 Å². The van der Waals surface area contributed by atoms with E-state index in [9.17, 15) is 23.1 Å². The van der Waals surface area contributed by atoms with E-state index >= 15 is 0 Å². The maximum Gasteiger partial charge on any atom is 0.325 e. The smallest absolute Gasteiger partial charge is 0.325 e. The minimum absolute atomic E-state index is 0.0381. The number of carboxylic acid groups (broad SMARTS) is 1. The molecule has 7 nitrogen and oxygen atoms in total. The fraction of sp³-hybridized carbons (Fsp3) is 0.333. The number of aliphatic carboxylic acids is 1. The molecule has 0 saturated heterocycles. The number of sulfonamides is 1. The van der Waals surface area contributed by atoms with Gasteiger partial charge in [0.15, 0.2) is 0 Å². The van der Waals surface area contributed by atoms with Crippen LogP contribution in [-0.2, 0) is 25.0 Å². The molecule has 37 heavy (non-hydrogen) atoms. The van der Waals surface area contributed by atoms with E-state index in [2.05, 4.69) is 10.0 Å². The Morgan fingerprint density at radius 1 is 1.05 bits per heavy atom. The van der Waals surface area contributed by atoms with E-state index in [1.54, 1.807) is 44.2 Å². The Bertz CT molecular complexity index is 1390. The van der Waals surface area contributed by atoms with Gasteiger partial charge in [-0.05, 0) is 54.7 Å². The largest absolute Gasteiger partial charge is 0.480 e. The molecule has 3 N–H and O–H groups in total. The number of hydrogen-bond donors (Lipinski definition) is 3. The molecule has 0 spiro atoms. The second-order valence-electron chi connectivity index (χ2n) is 9.62. The Morgan fingerprint density at radius 3 is 2.35 bits per heavy atom. The first-order valence-electron chi connectivity index (χ1n) is 12.0. The first-order valence-corrected chi connectivity index (χ1v) is 14.6. The summed E-state index contributed by atoms with van der Waals surface area (Å²) in [6, 6.07) is 19.4. The molecule has 1 aliphatic carbocycles. The zero-order valence-corrected chi connectivity index (χ0v) is 22.9. The van der Waals surface area contributed by atoms with Crippen molar-refractivity contribution in [2.45, 2.75) is 48.3 Å². The molecule has 0 radical (unpaired) electrons. The highest BCUT2D eigenvalue weighted by Gasteiger charge is 2.74. The number of amides is 1. The predicted molar refractivity (Wildman–Crippen MR) is 145 cm³/mol. The molecule has 0 bridgehead atoms. The van der Waals surface area contributed by atoms with Crippen LogP contribution in [0.15, 0.2) is 70.9 Å². The number of carbonyl (C=O) groups is 2. The highest BCUT2D eigenvalue weighted by molar-refractivity contribution is 7.91. The lowest BCUT2D eigenvalue weighted by Gasteiger charge is -2.24. The quantitative estimate of drug-likeness (QED) is 0.284. The molecule has 196 valence electrons. The molecule has 1 amide bonds. The van der Waals surface area contributed by atoms with Crippen molar-refractivity contribution in [3.05, 3.63) is 77.3 Å². The lowest BCUT2D eigenvalue weighted by molar-refractivity contribution is -0.140. The van der Waals surface area contributed by atoms with Gasteiger partial charge in [0.25, 0.3) is 10.0 Å². The van der Waals surface area contributed by atoms with Gasteiger partial charge >= 0.3 is 5.97 Å². The number of carbonyl (C=O) groups excluding carboxylic acids is 1. The maximum absolute atomic E-state index is 13.5. The van der Waals surface area contributed by atoms with E-state index in [4.69, 9.17) is 11.6 Å². The molecule has 2 aromatic carbocycles. The number of benzene rings is 2. The van der Waals surface area contributed by atoms with E-state index in [1.807, 2.05) is 30.3 Å². The number of nitrogens with one attached hydrogen (secondary N) is 2. The molecule has 10 heteroatoms. The number of carboxylic acids is 1. The highest BCUT2D eigenvalue weighted by atomic mass is 35.5. The zero-order chi connectivity index (χ0) is 26.8. The van der Waals surface area contributed by atoms with Crippen LogP contribution < -0.4 is 10.0 Å². The normalized spacial score (nSPS) is 21.1. The summed E-state index contributed by atoms with van der Waals surface area (Å²) in [7, 11) is -4.14. The monoisotopic (exact) mass is 560 g/mol. The molecule has 4 rings (SSSR count). The predicted octanol–water partition coefficient (Wildman–Crippen LogP) is 5.06. The molecule has 3 aromatic rings. The number of hydrogen-bond acceptors (Lipinski definition) is 5. The van der Waals surface area contributed by atoms with Gasteiger partial charge in [-0.3, -0.25) is 9.59 Å². The summed E-state index contributed by atoms with van der Waals surface area (Å²) in [6.45, 7) is 3.98. The van der Waals surface area contributed by atoms with Gasteiger partial charge < -0.3 is 10.4 Å². The van der Waals surface area contributed by atoms with Crippen molar-refractivity contribution in [3.63, 3.8) is 0 Å². The third-order valence-corrected chi connectivity index (χ3v) is 10.2. The Kier molecular flexibility index (Phi) is 7.80. The van der Waals surface area contributed by atoms with Gasteiger partial charge in [0.1, 0.15) is 9.75 Å². The summed E-state index contributed by atoms with van der Waals surface area (Å²) in [6.07, 6.45) is 1.01. The average molecular weight is 561 g/mol. The third kappa shape index (κ3) is 5.45. The van der Waals surface area contributed by atoms with Gasteiger partial charge in [-0.25, -0.2) is 8.42 Å². The molecule has 1 aromatic heterocycles. The van der Waals surface area contributed by atoms with Crippen molar-refractivity contribution in [2.24, 2.45) is 5.92 Å². The van der Waals surface area contributed by atoms with Crippen molar-refractivity contribution in [1.29, 1.82) is 0 Å². The van der Waals surface area contributed by atoms with Crippen LogP contribution in [-0.4, -0.2) is 37.5 Å². The van der Waals surface area contributed by atoms with Gasteiger partial charge in [-0.2, -0.15) is 4.72 Å². The number of halogens is 1. The Hall–Kier alpha value is -2.72. The lowest BCUT2D eigenvalue weighted by atomic mass is 9.86. The van der Waals surface area contributed by atoms with Crippen LogP contribution >= 0.6 is 22.9 Å². The van der Waals surface area contributed by atoms with E-state index in [0.717, 1.165) is 27.3 Å². The standard InChI is InChI=1S/C27H29ClN2O5S2/c1-18(2)24(31)29-16-6-15-26(20-7-4-3-5-8-20)17-27(26,25(32)33)30-37(34,35)23-14-13-22(36-23)19-9-11-21(28)12-10-19/h3-5,7-14,18,30H,6,15-17H2,1-2H3,(H,29,31)(H,32,33). The van der Waals surface area contributed by atoms with E-state index in [-0.39, 0.29) is 22.5 Å². The van der Waals surface area contributed by atoms with E-state index in [0.29, 0.717) is 24.4 Å². The second kappa shape index (κ2) is 10.6. The van der Waals surface area contributed by atoms with Crippen LogP contribution in [0.4, 0.5) is 0 Å². The minimum atomic E-state index is -4.14. The van der Waals surface area contributed by atoms with Crippen LogP contribution in [0.25, 0.3) is 10.4 Å². The number of rotatable bonds is 11. The van der Waals surface area contributed by atoms with Crippen LogP contribution in [0.2, 0.25) is 5.02 Å². The highest BCUT2D eigenvalue weighted by Crippen LogP contribution is 2.61. The average Bonchev–Trinajstić information content (AvgIpc) is 3.23. The molecular formula is C27H29ClN2O5S2. The molecule has 1 aliphatic rings. The van der Waals surface area contributed by atoms with Crippen molar-refractivity contribution < 1.29 is 23.1 Å².